The molecule has 2 aromatic rings. The summed E-state index contributed by atoms with van der Waals surface area (Å²) < 4.78 is 0.844. The van der Waals surface area contributed by atoms with Gasteiger partial charge in [0.15, 0.2) is 0 Å². The number of hydrogen-bond acceptors (Lipinski definition) is 4. The summed E-state index contributed by atoms with van der Waals surface area (Å²) in [5.41, 5.74) is 1.45. The monoisotopic (exact) mass is 378 g/mol. The molecule has 0 atom stereocenters. The van der Waals surface area contributed by atoms with E-state index in [1.165, 1.54) is 6.07 Å². The summed E-state index contributed by atoms with van der Waals surface area (Å²) in [6, 6.07) is 8.34. The van der Waals surface area contributed by atoms with E-state index in [-0.39, 0.29) is 11.6 Å². The molecule has 8 heteroatoms. The molecule has 0 aliphatic carbocycles. The Kier molecular flexibility index (Phi) is 4.33. The van der Waals surface area contributed by atoms with Gasteiger partial charge in [0.1, 0.15) is 5.69 Å². The molecule has 1 aromatic carbocycles. The van der Waals surface area contributed by atoms with Gasteiger partial charge in [-0.2, -0.15) is 0 Å². The minimum atomic E-state index is -0.396. The third-order valence-electron chi connectivity index (χ3n) is 3.85. The molecule has 1 aromatic heterocycles. The summed E-state index contributed by atoms with van der Waals surface area (Å²) in [6.07, 6.45) is 1.73. The van der Waals surface area contributed by atoms with Crippen LogP contribution in [0.2, 0.25) is 0 Å². The van der Waals surface area contributed by atoms with Crippen LogP contribution in [0.15, 0.2) is 41.0 Å². The lowest BCUT2D eigenvalue weighted by Crippen LogP contribution is -2.48. The fourth-order valence-electron chi connectivity index (χ4n) is 2.63. The smallest absolute Gasteiger partial charge is 0.271 e. The third-order valence-corrected chi connectivity index (χ3v) is 4.31. The topological polar surface area (TPSA) is 82.5 Å². The van der Waals surface area contributed by atoms with Gasteiger partial charge in [-0.25, -0.2) is 0 Å². The van der Waals surface area contributed by atoms with Gasteiger partial charge in [0, 0.05) is 54.7 Å². The van der Waals surface area contributed by atoms with Gasteiger partial charge >= 0.3 is 0 Å². The van der Waals surface area contributed by atoms with Crippen molar-refractivity contribution >= 4 is 33.2 Å². The summed E-state index contributed by atoms with van der Waals surface area (Å²) in [4.78, 5) is 29.6. The van der Waals surface area contributed by atoms with Crippen LogP contribution >= 0.6 is 15.9 Å². The highest BCUT2D eigenvalue weighted by atomic mass is 79.9. The molecule has 0 unspecified atom stereocenters. The minimum absolute atomic E-state index is 0.0330. The number of H-pyrrole nitrogens is 1. The van der Waals surface area contributed by atoms with Crippen LogP contribution in [-0.4, -0.2) is 46.9 Å². The third kappa shape index (κ3) is 3.37. The number of nitro groups is 1. The van der Waals surface area contributed by atoms with Crippen molar-refractivity contribution < 1.29 is 9.72 Å². The lowest BCUT2D eigenvalue weighted by molar-refractivity contribution is -0.384. The molecule has 0 spiro atoms. The Morgan fingerprint density at radius 1 is 1.22 bits per heavy atom. The lowest BCUT2D eigenvalue weighted by Gasteiger charge is -2.35. The van der Waals surface area contributed by atoms with E-state index in [2.05, 4.69) is 25.8 Å². The number of carbonyl (C=O) groups is 1. The highest BCUT2D eigenvalue weighted by Crippen LogP contribution is 2.22. The van der Waals surface area contributed by atoms with Gasteiger partial charge in [-0.3, -0.25) is 14.9 Å². The number of halogens is 1. The zero-order chi connectivity index (χ0) is 16.4. The van der Waals surface area contributed by atoms with E-state index in [4.69, 9.17) is 0 Å². The molecule has 120 valence electrons. The van der Waals surface area contributed by atoms with Crippen LogP contribution in [0.5, 0.6) is 0 Å². The number of amides is 1. The Balaban J connectivity index is 1.65. The van der Waals surface area contributed by atoms with Gasteiger partial charge in [0.2, 0.25) is 0 Å². The van der Waals surface area contributed by atoms with Crippen LogP contribution in [0.3, 0.4) is 0 Å². The van der Waals surface area contributed by atoms with E-state index in [9.17, 15) is 14.9 Å². The Morgan fingerprint density at radius 2 is 1.96 bits per heavy atom. The largest absolute Gasteiger partial charge is 0.368 e. The van der Waals surface area contributed by atoms with Gasteiger partial charge in [0.05, 0.1) is 4.92 Å². The molecule has 3 rings (SSSR count). The number of nitrogens with one attached hydrogen (secondary N) is 1. The molecule has 0 bridgehead atoms. The number of piperazine rings is 1. The van der Waals surface area contributed by atoms with Crippen LogP contribution in [0.25, 0.3) is 0 Å². The van der Waals surface area contributed by atoms with Gasteiger partial charge < -0.3 is 14.8 Å². The number of carbonyl (C=O) groups excluding carboxylic acids is 1. The Labute approximate surface area is 141 Å². The molecule has 23 heavy (non-hydrogen) atoms. The van der Waals surface area contributed by atoms with Gasteiger partial charge in [0.25, 0.3) is 11.6 Å². The number of benzene rings is 1. The first kappa shape index (κ1) is 15.5. The molecule has 1 saturated heterocycles. The highest BCUT2D eigenvalue weighted by molar-refractivity contribution is 9.10. The van der Waals surface area contributed by atoms with E-state index >= 15 is 0 Å². The fraction of sp³-hybridized carbons (Fsp3) is 0.267. The van der Waals surface area contributed by atoms with Crippen molar-refractivity contribution in [2.45, 2.75) is 0 Å². The second-order valence-corrected chi connectivity index (χ2v) is 6.20. The standard InChI is InChI=1S/C15H15BrN4O3/c16-11-8-14(17-10-11)15(21)19-6-4-18(5-7-19)12-2-1-3-13(9-12)20(22)23/h1-3,8-10,17H,4-7H2. The van der Waals surface area contributed by atoms with Crippen molar-refractivity contribution in [1.29, 1.82) is 0 Å². The maximum atomic E-state index is 12.4. The predicted octanol–water partition coefficient (Wildman–Crippen LogP) is 2.65. The lowest BCUT2D eigenvalue weighted by atomic mass is 10.2. The van der Waals surface area contributed by atoms with Crippen LogP contribution in [0.4, 0.5) is 11.4 Å². The molecule has 0 radical (unpaired) electrons. The number of anilines is 1. The molecule has 7 nitrogen and oxygen atoms in total. The maximum absolute atomic E-state index is 12.4. The SMILES string of the molecule is O=C(c1cc(Br)c[nH]1)N1CCN(c2cccc([N+](=O)[O-])c2)CC1. The summed E-state index contributed by atoms with van der Waals surface area (Å²) in [5.74, 6) is -0.0330. The highest BCUT2D eigenvalue weighted by Gasteiger charge is 2.23. The van der Waals surface area contributed by atoms with Crippen LogP contribution < -0.4 is 4.90 Å². The Hall–Kier alpha value is -2.35. The van der Waals surface area contributed by atoms with Gasteiger partial charge in [-0.15, -0.1) is 0 Å². The normalized spacial score (nSPS) is 14.8. The first-order chi connectivity index (χ1) is 11.0. The molecular weight excluding hydrogens is 364 g/mol. The number of aromatic amines is 1. The van der Waals surface area contributed by atoms with Crippen molar-refractivity contribution in [3.8, 4) is 0 Å². The van der Waals surface area contributed by atoms with Crippen LogP contribution in [-0.2, 0) is 0 Å². The maximum Gasteiger partial charge on any atom is 0.271 e. The number of hydrogen-bond donors (Lipinski definition) is 1. The number of nitro benzene ring substituents is 1. The minimum Gasteiger partial charge on any atom is -0.368 e. The number of nitrogens with zero attached hydrogens (tertiary/aromatic N) is 3. The van der Waals surface area contributed by atoms with Gasteiger partial charge in [-0.1, -0.05) is 6.07 Å². The average Bonchev–Trinajstić information content (AvgIpc) is 3.01. The first-order valence-electron chi connectivity index (χ1n) is 7.17. The van der Waals surface area contributed by atoms with E-state index in [0.29, 0.717) is 31.9 Å². The second-order valence-electron chi connectivity index (χ2n) is 5.29. The summed E-state index contributed by atoms with van der Waals surface area (Å²) in [7, 11) is 0. The molecule has 2 heterocycles. The molecule has 1 aliphatic heterocycles. The number of aromatic nitrogens is 1. The van der Waals surface area contributed by atoms with Crippen molar-refractivity contribution in [3.05, 3.63) is 56.8 Å². The molecule has 1 N–H and O–H groups in total. The number of non-ortho nitro benzene ring substituents is 1. The van der Waals surface area contributed by atoms with Crippen molar-refractivity contribution in [2.75, 3.05) is 31.1 Å². The summed E-state index contributed by atoms with van der Waals surface area (Å²) >= 11 is 3.32. The second kappa shape index (κ2) is 6.41. The van der Waals surface area contributed by atoms with Crippen molar-refractivity contribution in [1.82, 2.24) is 9.88 Å². The van der Waals surface area contributed by atoms with Crippen LogP contribution in [0, 0.1) is 10.1 Å². The predicted molar refractivity (Wildman–Crippen MR) is 89.7 cm³/mol. The average molecular weight is 379 g/mol. The van der Waals surface area contributed by atoms with E-state index in [1.807, 2.05) is 6.07 Å². The molecule has 1 amide bonds. The summed E-state index contributed by atoms with van der Waals surface area (Å²) in [6.45, 7) is 2.46. The number of rotatable bonds is 3. The van der Waals surface area contributed by atoms with Crippen LogP contribution in [0.1, 0.15) is 10.5 Å². The zero-order valence-electron chi connectivity index (χ0n) is 12.2. The zero-order valence-corrected chi connectivity index (χ0v) is 13.8. The first-order valence-corrected chi connectivity index (χ1v) is 7.96. The molecular formula is C15H15BrN4O3. The van der Waals surface area contributed by atoms with E-state index < -0.39 is 4.92 Å². The van der Waals surface area contributed by atoms with E-state index in [0.717, 1.165) is 10.2 Å². The quantitative estimate of drug-likeness (QED) is 0.657. The summed E-state index contributed by atoms with van der Waals surface area (Å²) in [5, 5.41) is 10.9. The van der Waals surface area contributed by atoms with E-state index in [1.54, 1.807) is 29.3 Å². The Bertz CT molecular complexity index is 738. The van der Waals surface area contributed by atoms with Crippen molar-refractivity contribution in [2.24, 2.45) is 0 Å². The van der Waals surface area contributed by atoms with Gasteiger partial charge in [-0.05, 0) is 28.1 Å². The molecule has 1 fully saturated rings. The Morgan fingerprint density at radius 3 is 2.57 bits per heavy atom. The molecule has 1 aliphatic rings. The fourth-order valence-corrected chi connectivity index (χ4v) is 2.98. The molecule has 0 saturated carbocycles. The van der Waals surface area contributed by atoms with Crippen molar-refractivity contribution in [3.63, 3.8) is 0 Å².